The second kappa shape index (κ2) is 4.47. The molecule has 1 aromatic heterocycles. The third-order valence-electron chi connectivity index (χ3n) is 2.67. The third kappa shape index (κ3) is 2.03. The molecule has 0 saturated carbocycles. The van der Waals surface area contributed by atoms with Gasteiger partial charge in [0.2, 0.25) is 0 Å². The lowest BCUT2D eigenvalue weighted by Gasteiger charge is -1.99. The summed E-state index contributed by atoms with van der Waals surface area (Å²) in [4.78, 5) is 11.5. The number of fused-ring (bicyclic) bond motifs is 1. The number of aromatic nitrogens is 1. The monoisotopic (exact) mass is 209 g/mol. The SMILES string of the molecule is CCOC(=O)c1noc2c1CCCCC2. The van der Waals surface area contributed by atoms with E-state index in [9.17, 15) is 4.79 Å². The smallest absolute Gasteiger partial charge is 0.360 e. The first-order valence-electron chi connectivity index (χ1n) is 5.47. The summed E-state index contributed by atoms with van der Waals surface area (Å²) in [6.45, 7) is 2.16. The van der Waals surface area contributed by atoms with Gasteiger partial charge in [0.25, 0.3) is 0 Å². The number of carbonyl (C=O) groups excluding carboxylic acids is 1. The molecule has 2 rings (SSSR count). The molecule has 0 atom stereocenters. The maximum atomic E-state index is 11.5. The van der Waals surface area contributed by atoms with Crippen molar-refractivity contribution in [2.45, 2.75) is 39.0 Å². The normalized spacial score (nSPS) is 15.5. The van der Waals surface area contributed by atoms with E-state index in [0.29, 0.717) is 12.3 Å². The molecule has 1 aliphatic rings. The topological polar surface area (TPSA) is 52.3 Å². The van der Waals surface area contributed by atoms with Crippen LogP contribution in [0.25, 0.3) is 0 Å². The second-order valence-corrected chi connectivity index (χ2v) is 3.71. The minimum Gasteiger partial charge on any atom is -0.461 e. The standard InChI is InChI=1S/C11H15NO3/c1-2-14-11(13)10-8-6-4-3-5-7-9(8)15-12-10/h2-7H2,1H3. The number of ether oxygens (including phenoxy) is 1. The summed E-state index contributed by atoms with van der Waals surface area (Å²) in [6, 6.07) is 0. The van der Waals surface area contributed by atoms with Crippen LogP contribution >= 0.6 is 0 Å². The molecular formula is C11H15NO3. The van der Waals surface area contributed by atoms with E-state index >= 15 is 0 Å². The van der Waals surface area contributed by atoms with Gasteiger partial charge in [-0.1, -0.05) is 11.6 Å². The van der Waals surface area contributed by atoms with Crippen molar-refractivity contribution < 1.29 is 14.1 Å². The molecule has 0 aliphatic heterocycles. The summed E-state index contributed by atoms with van der Waals surface area (Å²) in [5.74, 6) is 0.514. The molecule has 1 aliphatic carbocycles. The lowest BCUT2D eigenvalue weighted by molar-refractivity contribution is 0.0513. The van der Waals surface area contributed by atoms with Crippen LogP contribution in [0.2, 0.25) is 0 Å². The number of esters is 1. The summed E-state index contributed by atoms with van der Waals surface area (Å²) in [5, 5.41) is 3.81. The van der Waals surface area contributed by atoms with Gasteiger partial charge in [0, 0.05) is 12.0 Å². The van der Waals surface area contributed by atoms with Crippen molar-refractivity contribution in [3.8, 4) is 0 Å². The third-order valence-corrected chi connectivity index (χ3v) is 2.67. The highest BCUT2D eigenvalue weighted by Crippen LogP contribution is 2.23. The molecular weight excluding hydrogens is 194 g/mol. The van der Waals surface area contributed by atoms with E-state index in [2.05, 4.69) is 5.16 Å². The maximum Gasteiger partial charge on any atom is 0.360 e. The van der Waals surface area contributed by atoms with E-state index in [1.54, 1.807) is 6.92 Å². The Labute approximate surface area is 88.6 Å². The first-order valence-corrected chi connectivity index (χ1v) is 5.47. The van der Waals surface area contributed by atoms with E-state index in [0.717, 1.165) is 37.0 Å². The zero-order valence-electron chi connectivity index (χ0n) is 8.91. The number of hydrogen-bond acceptors (Lipinski definition) is 4. The van der Waals surface area contributed by atoms with Crippen LogP contribution in [-0.4, -0.2) is 17.7 Å². The van der Waals surface area contributed by atoms with Gasteiger partial charge in [-0.15, -0.1) is 0 Å². The largest absolute Gasteiger partial charge is 0.461 e. The highest BCUT2D eigenvalue weighted by molar-refractivity contribution is 5.89. The first kappa shape index (κ1) is 10.2. The molecule has 0 saturated heterocycles. The molecule has 0 aromatic carbocycles. The fourth-order valence-corrected chi connectivity index (χ4v) is 1.92. The van der Waals surface area contributed by atoms with Crippen molar-refractivity contribution in [3.63, 3.8) is 0 Å². The Morgan fingerprint density at radius 1 is 1.40 bits per heavy atom. The summed E-state index contributed by atoms with van der Waals surface area (Å²) < 4.78 is 10.1. The summed E-state index contributed by atoms with van der Waals surface area (Å²) in [5.41, 5.74) is 1.35. The average Bonchev–Trinajstić information content (AvgIpc) is 2.48. The molecule has 0 fully saturated rings. The van der Waals surface area contributed by atoms with Crippen LogP contribution in [0, 0.1) is 0 Å². The first-order chi connectivity index (χ1) is 7.33. The van der Waals surface area contributed by atoms with Crippen LogP contribution in [0.1, 0.15) is 48.0 Å². The molecule has 0 spiro atoms. The van der Waals surface area contributed by atoms with Gasteiger partial charge in [-0.25, -0.2) is 4.79 Å². The van der Waals surface area contributed by atoms with E-state index in [-0.39, 0.29) is 5.97 Å². The van der Waals surface area contributed by atoms with Gasteiger partial charge < -0.3 is 9.26 Å². The van der Waals surface area contributed by atoms with Crippen molar-refractivity contribution in [3.05, 3.63) is 17.0 Å². The Kier molecular flexibility index (Phi) is 3.04. The number of carbonyl (C=O) groups is 1. The second-order valence-electron chi connectivity index (χ2n) is 3.71. The molecule has 0 bridgehead atoms. The molecule has 0 N–H and O–H groups in total. The van der Waals surface area contributed by atoms with Gasteiger partial charge in [-0.05, 0) is 26.2 Å². The Balaban J connectivity index is 2.25. The quantitative estimate of drug-likeness (QED) is 0.553. The van der Waals surface area contributed by atoms with E-state index < -0.39 is 0 Å². The highest BCUT2D eigenvalue weighted by Gasteiger charge is 2.23. The van der Waals surface area contributed by atoms with Crippen molar-refractivity contribution in [1.29, 1.82) is 0 Å². The summed E-state index contributed by atoms with van der Waals surface area (Å²) in [6.07, 6.45) is 5.17. The Morgan fingerprint density at radius 3 is 3.00 bits per heavy atom. The number of hydrogen-bond donors (Lipinski definition) is 0. The predicted octanol–water partition coefficient (Wildman–Crippen LogP) is 2.12. The van der Waals surface area contributed by atoms with E-state index in [1.807, 2.05) is 0 Å². The fraction of sp³-hybridized carbons (Fsp3) is 0.636. The lowest BCUT2D eigenvalue weighted by atomic mass is 10.1. The van der Waals surface area contributed by atoms with Gasteiger partial charge in [0.05, 0.1) is 6.61 Å². The van der Waals surface area contributed by atoms with Gasteiger partial charge in [-0.3, -0.25) is 0 Å². The zero-order chi connectivity index (χ0) is 10.7. The molecule has 1 aromatic rings. The molecule has 0 unspecified atom stereocenters. The molecule has 15 heavy (non-hydrogen) atoms. The molecule has 0 radical (unpaired) electrons. The van der Waals surface area contributed by atoms with Crippen LogP contribution in [-0.2, 0) is 17.6 Å². The average molecular weight is 209 g/mol. The number of aryl methyl sites for hydroxylation is 1. The van der Waals surface area contributed by atoms with E-state index in [4.69, 9.17) is 9.26 Å². The Bertz CT molecular complexity index is 357. The minimum absolute atomic E-state index is 0.357. The minimum atomic E-state index is -0.357. The van der Waals surface area contributed by atoms with Gasteiger partial charge >= 0.3 is 5.97 Å². The fourth-order valence-electron chi connectivity index (χ4n) is 1.92. The molecule has 1 heterocycles. The molecule has 0 amide bonds. The Morgan fingerprint density at radius 2 is 2.20 bits per heavy atom. The van der Waals surface area contributed by atoms with Crippen LogP contribution in [0.15, 0.2) is 4.52 Å². The van der Waals surface area contributed by atoms with Crippen LogP contribution in [0.5, 0.6) is 0 Å². The van der Waals surface area contributed by atoms with Gasteiger partial charge in [-0.2, -0.15) is 0 Å². The number of rotatable bonds is 2. The van der Waals surface area contributed by atoms with Crippen LogP contribution < -0.4 is 0 Å². The highest BCUT2D eigenvalue weighted by atomic mass is 16.5. The molecule has 4 heteroatoms. The zero-order valence-corrected chi connectivity index (χ0v) is 8.91. The van der Waals surface area contributed by atoms with Crippen LogP contribution in [0.4, 0.5) is 0 Å². The predicted molar refractivity (Wildman–Crippen MR) is 53.7 cm³/mol. The van der Waals surface area contributed by atoms with Crippen molar-refractivity contribution in [1.82, 2.24) is 5.16 Å². The maximum absolute atomic E-state index is 11.5. The number of nitrogens with zero attached hydrogens (tertiary/aromatic N) is 1. The lowest BCUT2D eigenvalue weighted by Crippen LogP contribution is -2.08. The van der Waals surface area contributed by atoms with Gasteiger partial charge in [0.15, 0.2) is 5.69 Å². The summed E-state index contributed by atoms with van der Waals surface area (Å²) >= 11 is 0. The van der Waals surface area contributed by atoms with E-state index in [1.165, 1.54) is 6.42 Å². The van der Waals surface area contributed by atoms with Crippen molar-refractivity contribution in [2.75, 3.05) is 6.61 Å². The van der Waals surface area contributed by atoms with Crippen LogP contribution in [0.3, 0.4) is 0 Å². The molecule has 82 valence electrons. The summed E-state index contributed by atoms with van der Waals surface area (Å²) in [7, 11) is 0. The van der Waals surface area contributed by atoms with Crippen molar-refractivity contribution >= 4 is 5.97 Å². The Hall–Kier alpha value is -1.32. The molecule has 4 nitrogen and oxygen atoms in total. The van der Waals surface area contributed by atoms with Gasteiger partial charge in [0.1, 0.15) is 5.76 Å². The van der Waals surface area contributed by atoms with Crippen molar-refractivity contribution in [2.24, 2.45) is 0 Å².